The zero-order chi connectivity index (χ0) is 25.4. The highest BCUT2D eigenvalue weighted by atomic mass is 32.2. The summed E-state index contributed by atoms with van der Waals surface area (Å²) >= 11 is 0. The number of nitrogens with one attached hydrogen (secondary N) is 3. The number of sulfonamides is 1. The predicted octanol–water partition coefficient (Wildman–Crippen LogP) is 4.91. The fourth-order valence-electron chi connectivity index (χ4n) is 4.66. The van der Waals surface area contributed by atoms with Crippen LogP contribution in [0, 0.1) is 5.92 Å². The maximum absolute atomic E-state index is 13.1. The van der Waals surface area contributed by atoms with Gasteiger partial charge in [-0.05, 0) is 60.7 Å². The lowest BCUT2D eigenvalue weighted by Gasteiger charge is -2.30. The zero-order valence-corrected chi connectivity index (χ0v) is 21.0. The third-order valence-electron chi connectivity index (χ3n) is 6.65. The number of fused-ring (bicyclic) bond motifs is 2. The minimum atomic E-state index is -3.46. The molecule has 0 aliphatic carbocycles. The van der Waals surface area contributed by atoms with Gasteiger partial charge in [0.05, 0.1) is 34.6 Å². The second kappa shape index (κ2) is 9.31. The topological polar surface area (TPSA) is 108 Å². The number of likely N-dealkylation sites (tertiary alicyclic amines) is 1. The number of hydrogen-bond acceptors (Lipinski definition) is 5. The van der Waals surface area contributed by atoms with E-state index in [2.05, 4.69) is 22.3 Å². The van der Waals surface area contributed by atoms with Crippen LogP contribution >= 0.6 is 0 Å². The molecule has 0 atom stereocenters. The Balaban J connectivity index is 1.46. The molecule has 0 spiro atoms. The number of piperidine rings is 1. The second-order valence-electron chi connectivity index (χ2n) is 9.49. The molecule has 0 bridgehead atoms. The van der Waals surface area contributed by atoms with Crippen molar-refractivity contribution in [2.24, 2.45) is 5.92 Å². The van der Waals surface area contributed by atoms with Gasteiger partial charge in [-0.3, -0.25) is 14.3 Å². The first-order chi connectivity index (χ1) is 17.2. The number of nitrogens with zero attached hydrogens (tertiary/aromatic N) is 1. The van der Waals surface area contributed by atoms with Crippen molar-refractivity contribution in [2.75, 3.05) is 34.7 Å². The fraction of sp³-hybridized carbons (Fsp3) is 0.259. The smallest absolute Gasteiger partial charge is 0.257 e. The summed E-state index contributed by atoms with van der Waals surface area (Å²) in [5.74, 6) is 0.307. The molecule has 186 valence electrons. The first kappa shape index (κ1) is 23.9. The van der Waals surface area contributed by atoms with Crippen molar-refractivity contribution < 1.29 is 18.0 Å². The molecule has 0 unspecified atom stereocenters. The number of carbonyl (C=O) groups excluding carboxylic acids is 2. The van der Waals surface area contributed by atoms with E-state index in [9.17, 15) is 18.0 Å². The third kappa shape index (κ3) is 4.92. The summed E-state index contributed by atoms with van der Waals surface area (Å²) < 4.78 is 26.2. The summed E-state index contributed by atoms with van der Waals surface area (Å²) in [5.41, 5.74) is 4.67. The zero-order valence-electron chi connectivity index (χ0n) is 20.2. The quantitative estimate of drug-likeness (QED) is 0.468. The normalized spacial score (nSPS) is 15.7. The van der Waals surface area contributed by atoms with Crippen molar-refractivity contribution in [1.29, 1.82) is 0 Å². The molecule has 36 heavy (non-hydrogen) atoms. The number of benzene rings is 3. The Kier molecular flexibility index (Phi) is 6.17. The van der Waals surface area contributed by atoms with Crippen LogP contribution in [0.5, 0.6) is 0 Å². The van der Waals surface area contributed by atoms with E-state index in [1.54, 1.807) is 42.5 Å². The summed E-state index contributed by atoms with van der Waals surface area (Å²) in [4.78, 5) is 28.0. The SMILES string of the molecule is CC1CCN(C(=O)c2ccc3c(c2)NC(=O)c2ccc(-c4ccccc4NS(C)(=O)=O)cc2N3)CC1. The summed E-state index contributed by atoms with van der Waals surface area (Å²) in [6, 6.07) is 17.7. The van der Waals surface area contributed by atoms with Crippen molar-refractivity contribution >= 4 is 44.6 Å². The van der Waals surface area contributed by atoms with Crippen LogP contribution in [-0.2, 0) is 10.0 Å². The molecule has 2 amide bonds. The predicted molar refractivity (Wildman–Crippen MR) is 142 cm³/mol. The third-order valence-corrected chi connectivity index (χ3v) is 7.24. The Labute approximate surface area is 210 Å². The van der Waals surface area contributed by atoms with Gasteiger partial charge in [-0.25, -0.2) is 8.42 Å². The number of anilines is 4. The van der Waals surface area contributed by atoms with Crippen molar-refractivity contribution in [3.05, 3.63) is 71.8 Å². The lowest BCUT2D eigenvalue weighted by Crippen LogP contribution is -2.37. The molecule has 5 rings (SSSR count). The Morgan fingerprint density at radius 2 is 1.67 bits per heavy atom. The van der Waals surface area contributed by atoms with Gasteiger partial charge in [0.15, 0.2) is 0 Å². The van der Waals surface area contributed by atoms with Crippen LogP contribution in [0.4, 0.5) is 22.7 Å². The van der Waals surface area contributed by atoms with E-state index in [0.717, 1.165) is 37.8 Å². The van der Waals surface area contributed by atoms with Crippen LogP contribution in [0.25, 0.3) is 11.1 Å². The minimum absolute atomic E-state index is 0.0296. The Bertz CT molecular complexity index is 1460. The molecule has 8 nitrogen and oxygen atoms in total. The molecular weight excluding hydrogens is 476 g/mol. The molecule has 3 N–H and O–H groups in total. The first-order valence-electron chi connectivity index (χ1n) is 11.9. The summed E-state index contributed by atoms with van der Waals surface area (Å²) in [6.07, 6.45) is 3.10. The molecule has 2 heterocycles. The van der Waals surface area contributed by atoms with Crippen molar-refractivity contribution in [2.45, 2.75) is 19.8 Å². The lowest BCUT2D eigenvalue weighted by atomic mass is 9.98. The first-order valence-corrected chi connectivity index (χ1v) is 13.8. The number of rotatable bonds is 4. The van der Waals surface area contributed by atoms with Gasteiger partial charge in [-0.2, -0.15) is 0 Å². The highest BCUT2D eigenvalue weighted by Gasteiger charge is 2.24. The summed E-state index contributed by atoms with van der Waals surface area (Å²) in [5, 5.41) is 6.24. The Morgan fingerprint density at radius 3 is 2.42 bits per heavy atom. The molecule has 0 aromatic heterocycles. The van der Waals surface area contributed by atoms with Crippen LogP contribution < -0.4 is 15.4 Å². The van der Waals surface area contributed by atoms with Gasteiger partial charge >= 0.3 is 0 Å². The monoisotopic (exact) mass is 504 g/mol. The van der Waals surface area contributed by atoms with E-state index < -0.39 is 10.0 Å². The standard InChI is InChI=1S/C27H28N4O4S/c1-17-11-13-31(14-12-17)27(33)19-8-10-23-25(16-19)29-26(32)21-9-7-18(15-24(21)28-23)20-5-3-4-6-22(20)30-36(2,34)35/h3-10,15-17,28,30H,11-14H2,1-2H3,(H,29,32). The number of hydrogen-bond donors (Lipinski definition) is 3. The van der Waals surface area contributed by atoms with Crippen molar-refractivity contribution in [3.63, 3.8) is 0 Å². The molecule has 1 fully saturated rings. The number of carbonyl (C=O) groups is 2. The maximum Gasteiger partial charge on any atom is 0.257 e. The maximum atomic E-state index is 13.1. The molecule has 3 aromatic carbocycles. The van der Waals surface area contributed by atoms with E-state index in [-0.39, 0.29) is 11.8 Å². The Hall–Kier alpha value is -3.85. The van der Waals surface area contributed by atoms with Crippen LogP contribution in [0.3, 0.4) is 0 Å². The van der Waals surface area contributed by atoms with Gasteiger partial charge in [-0.1, -0.05) is 31.2 Å². The summed E-state index contributed by atoms with van der Waals surface area (Å²) in [6.45, 7) is 3.69. The molecular formula is C27H28N4O4S. The van der Waals surface area contributed by atoms with Crippen molar-refractivity contribution in [1.82, 2.24) is 4.90 Å². The Morgan fingerprint density at radius 1 is 0.917 bits per heavy atom. The minimum Gasteiger partial charge on any atom is -0.353 e. The van der Waals surface area contributed by atoms with E-state index >= 15 is 0 Å². The summed E-state index contributed by atoms with van der Waals surface area (Å²) in [7, 11) is -3.46. The van der Waals surface area contributed by atoms with E-state index in [1.807, 2.05) is 23.1 Å². The van der Waals surface area contributed by atoms with E-state index in [0.29, 0.717) is 45.4 Å². The van der Waals surface area contributed by atoms with E-state index in [1.165, 1.54) is 0 Å². The average Bonchev–Trinajstić information content (AvgIpc) is 2.98. The molecule has 1 saturated heterocycles. The highest BCUT2D eigenvalue weighted by molar-refractivity contribution is 7.92. The van der Waals surface area contributed by atoms with E-state index in [4.69, 9.17) is 0 Å². The number of para-hydroxylation sites is 1. The second-order valence-corrected chi connectivity index (χ2v) is 11.2. The molecule has 2 aliphatic rings. The average molecular weight is 505 g/mol. The van der Waals surface area contributed by atoms with Gasteiger partial charge in [0.2, 0.25) is 10.0 Å². The van der Waals surface area contributed by atoms with Gasteiger partial charge < -0.3 is 15.5 Å². The molecule has 0 saturated carbocycles. The van der Waals surface area contributed by atoms with Gasteiger partial charge in [0, 0.05) is 24.2 Å². The lowest BCUT2D eigenvalue weighted by molar-refractivity contribution is 0.0697. The molecule has 9 heteroatoms. The molecule has 2 aliphatic heterocycles. The highest BCUT2D eigenvalue weighted by Crippen LogP contribution is 2.37. The fourth-order valence-corrected chi connectivity index (χ4v) is 5.23. The van der Waals surface area contributed by atoms with Gasteiger partial charge in [-0.15, -0.1) is 0 Å². The van der Waals surface area contributed by atoms with Crippen LogP contribution in [0.1, 0.15) is 40.5 Å². The molecule has 3 aromatic rings. The van der Waals surface area contributed by atoms with Crippen LogP contribution in [-0.4, -0.2) is 44.5 Å². The van der Waals surface area contributed by atoms with Gasteiger partial charge in [0.25, 0.3) is 11.8 Å². The van der Waals surface area contributed by atoms with Crippen LogP contribution in [0.2, 0.25) is 0 Å². The number of amides is 2. The largest absolute Gasteiger partial charge is 0.353 e. The van der Waals surface area contributed by atoms with Gasteiger partial charge in [0.1, 0.15) is 0 Å². The van der Waals surface area contributed by atoms with Crippen molar-refractivity contribution in [3.8, 4) is 11.1 Å². The van der Waals surface area contributed by atoms with Crippen LogP contribution in [0.15, 0.2) is 60.7 Å². The molecule has 0 radical (unpaired) electrons.